The van der Waals surface area contributed by atoms with E-state index in [1.165, 1.54) is 54.5 Å². The predicted octanol–water partition coefficient (Wildman–Crippen LogP) is 7.67. The molecule has 3 atom stereocenters. The number of aliphatic imine (C=N–C) groups is 1. The Balaban J connectivity index is 1.64. The van der Waals surface area contributed by atoms with Crippen molar-refractivity contribution in [3.63, 3.8) is 0 Å². The summed E-state index contributed by atoms with van der Waals surface area (Å²) in [4.78, 5) is 15.1. The molecule has 4 heterocycles. The molecule has 0 bridgehead atoms. The monoisotopic (exact) mass is 482 g/mol. The third-order valence-corrected chi connectivity index (χ3v) is 8.86. The van der Waals surface area contributed by atoms with Gasteiger partial charge in [-0.15, -0.1) is 11.8 Å². The molecule has 1 aromatic carbocycles. The molecule has 4 aromatic rings. The standard InChI is InChI=1S/C30H34N4S/c1-19-17-31-20(2)27(19)23-16-25-28(32-18-23)24-14-15-26(35-3)33-30(24)34(25)29(21-10-6-4-7-11-21)22-12-8-5-9-13-22/h4,6-7,10-11,14-16,18-19,22,27,29H,5,8-9,12-13,17H2,1-3H3/t19?,27?,29-/m1/s1. The third-order valence-electron chi connectivity index (χ3n) is 8.21. The van der Waals surface area contributed by atoms with Crippen LogP contribution in [-0.4, -0.2) is 33.0 Å². The van der Waals surface area contributed by atoms with Gasteiger partial charge in [-0.25, -0.2) is 4.98 Å². The van der Waals surface area contributed by atoms with Crippen LogP contribution in [0.4, 0.5) is 0 Å². The van der Waals surface area contributed by atoms with Gasteiger partial charge in [-0.2, -0.15) is 0 Å². The first-order valence-corrected chi connectivity index (χ1v) is 14.3. The van der Waals surface area contributed by atoms with Crippen LogP contribution in [0.15, 0.2) is 64.7 Å². The van der Waals surface area contributed by atoms with E-state index in [1.807, 2.05) is 0 Å². The van der Waals surface area contributed by atoms with E-state index in [2.05, 4.69) is 79.4 Å². The van der Waals surface area contributed by atoms with Gasteiger partial charge in [-0.05, 0) is 67.2 Å². The normalized spacial score (nSPS) is 22.1. The Hall–Kier alpha value is -2.66. The molecular weight excluding hydrogens is 448 g/mol. The van der Waals surface area contributed by atoms with Gasteiger partial charge >= 0.3 is 0 Å². The van der Waals surface area contributed by atoms with Crippen LogP contribution < -0.4 is 0 Å². The topological polar surface area (TPSA) is 43.1 Å². The molecule has 2 unspecified atom stereocenters. The summed E-state index contributed by atoms with van der Waals surface area (Å²) in [7, 11) is 0. The molecule has 1 saturated carbocycles. The SMILES string of the molecule is CSc1ccc2c3ncc(C4C(C)=NCC4C)cc3n([C@H](c3ccccc3)C3CCCCC3)c2n1. The van der Waals surface area contributed by atoms with Gasteiger partial charge in [0.2, 0.25) is 0 Å². The minimum absolute atomic E-state index is 0.258. The largest absolute Gasteiger partial charge is 0.316 e. The van der Waals surface area contributed by atoms with Crippen molar-refractivity contribution in [3.8, 4) is 0 Å². The molecule has 0 saturated heterocycles. The van der Waals surface area contributed by atoms with Crippen molar-refractivity contribution in [1.82, 2.24) is 14.5 Å². The molecule has 6 rings (SSSR count). The lowest BCUT2D eigenvalue weighted by Gasteiger charge is -2.33. The maximum Gasteiger partial charge on any atom is 0.144 e. The van der Waals surface area contributed by atoms with E-state index >= 15 is 0 Å². The average molecular weight is 483 g/mol. The highest BCUT2D eigenvalue weighted by atomic mass is 32.2. The Bertz CT molecular complexity index is 1380. The van der Waals surface area contributed by atoms with Crippen LogP contribution in [0, 0.1) is 11.8 Å². The first-order chi connectivity index (χ1) is 17.2. The van der Waals surface area contributed by atoms with Crippen LogP contribution in [0.25, 0.3) is 22.1 Å². The van der Waals surface area contributed by atoms with Gasteiger partial charge < -0.3 is 4.57 Å². The van der Waals surface area contributed by atoms with Crippen molar-refractivity contribution >= 4 is 39.5 Å². The highest BCUT2D eigenvalue weighted by Gasteiger charge is 2.32. The molecule has 1 fully saturated rings. The minimum Gasteiger partial charge on any atom is -0.316 e. The van der Waals surface area contributed by atoms with Gasteiger partial charge in [0.25, 0.3) is 0 Å². The first-order valence-electron chi connectivity index (χ1n) is 13.1. The van der Waals surface area contributed by atoms with Gasteiger partial charge in [0.05, 0.1) is 22.1 Å². The number of aromatic nitrogens is 3. The van der Waals surface area contributed by atoms with Gasteiger partial charge in [-0.1, -0.05) is 56.5 Å². The zero-order chi connectivity index (χ0) is 23.9. The summed E-state index contributed by atoms with van der Waals surface area (Å²) in [6, 6.07) is 18.1. The Morgan fingerprint density at radius 2 is 1.83 bits per heavy atom. The summed E-state index contributed by atoms with van der Waals surface area (Å²) in [6.07, 6.45) is 10.7. The maximum absolute atomic E-state index is 5.19. The molecule has 180 valence electrons. The third kappa shape index (κ3) is 3.98. The molecule has 0 amide bonds. The van der Waals surface area contributed by atoms with Gasteiger partial charge in [-0.3, -0.25) is 9.98 Å². The number of benzene rings is 1. The number of hydrogen-bond donors (Lipinski definition) is 0. The molecule has 2 aliphatic rings. The van der Waals surface area contributed by atoms with E-state index in [1.54, 1.807) is 11.8 Å². The van der Waals surface area contributed by atoms with E-state index in [-0.39, 0.29) is 6.04 Å². The molecule has 0 N–H and O–H groups in total. The van der Waals surface area contributed by atoms with E-state index in [9.17, 15) is 0 Å². The number of hydrogen-bond acceptors (Lipinski definition) is 4. The minimum atomic E-state index is 0.258. The summed E-state index contributed by atoms with van der Waals surface area (Å²) in [5.74, 6) is 1.46. The summed E-state index contributed by atoms with van der Waals surface area (Å²) in [6.45, 7) is 5.39. The summed E-state index contributed by atoms with van der Waals surface area (Å²) in [5.41, 5.74) is 7.26. The van der Waals surface area contributed by atoms with Crippen LogP contribution in [0.1, 0.15) is 69.0 Å². The Labute approximate surface area is 212 Å². The van der Waals surface area contributed by atoms with Crippen molar-refractivity contribution in [2.24, 2.45) is 16.8 Å². The molecule has 0 radical (unpaired) electrons. The molecule has 3 aromatic heterocycles. The summed E-state index contributed by atoms with van der Waals surface area (Å²) >= 11 is 1.71. The lowest BCUT2D eigenvalue weighted by Crippen LogP contribution is -2.23. The van der Waals surface area contributed by atoms with Crippen molar-refractivity contribution in [2.75, 3.05) is 12.8 Å². The quantitative estimate of drug-likeness (QED) is 0.274. The fraction of sp³-hybridized carbons (Fsp3) is 0.433. The Morgan fingerprint density at radius 1 is 1.03 bits per heavy atom. The number of pyridine rings is 2. The Kier molecular flexibility index (Phi) is 6.13. The molecule has 35 heavy (non-hydrogen) atoms. The van der Waals surface area contributed by atoms with Crippen molar-refractivity contribution in [1.29, 1.82) is 0 Å². The molecule has 4 nitrogen and oxygen atoms in total. The highest BCUT2D eigenvalue weighted by molar-refractivity contribution is 7.98. The van der Waals surface area contributed by atoms with Crippen LogP contribution in [0.2, 0.25) is 0 Å². The number of thioether (sulfide) groups is 1. The van der Waals surface area contributed by atoms with E-state index in [0.717, 1.165) is 28.1 Å². The zero-order valence-corrected chi connectivity index (χ0v) is 21.8. The fourth-order valence-electron chi connectivity index (χ4n) is 6.54. The smallest absolute Gasteiger partial charge is 0.144 e. The average Bonchev–Trinajstić information content (AvgIpc) is 3.41. The molecule has 5 heteroatoms. The van der Waals surface area contributed by atoms with Gasteiger partial charge in [0.1, 0.15) is 5.65 Å². The second kappa shape index (κ2) is 9.42. The number of nitrogens with zero attached hydrogens (tertiary/aromatic N) is 4. The molecule has 1 aliphatic heterocycles. The molecule has 0 spiro atoms. The predicted molar refractivity (Wildman–Crippen MR) is 148 cm³/mol. The van der Waals surface area contributed by atoms with Gasteiger partial charge in [0, 0.05) is 29.8 Å². The lowest BCUT2D eigenvalue weighted by molar-refractivity contribution is 0.286. The van der Waals surface area contributed by atoms with Crippen LogP contribution in [0.3, 0.4) is 0 Å². The summed E-state index contributed by atoms with van der Waals surface area (Å²) < 4.78 is 2.55. The summed E-state index contributed by atoms with van der Waals surface area (Å²) in [5, 5.41) is 2.22. The van der Waals surface area contributed by atoms with Crippen molar-refractivity contribution in [3.05, 3.63) is 65.9 Å². The molecular formula is C30H34N4S. The second-order valence-electron chi connectivity index (χ2n) is 10.4. The fourth-order valence-corrected chi connectivity index (χ4v) is 6.93. The zero-order valence-electron chi connectivity index (χ0n) is 20.9. The van der Waals surface area contributed by atoms with Crippen molar-refractivity contribution in [2.45, 2.75) is 62.9 Å². The maximum atomic E-state index is 5.19. The highest BCUT2D eigenvalue weighted by Crippen LogP contribution is 2.43. The molecule has 1 aliphatic carbocycles. The van der Waals surface area contributed by atoms with E-state index in [4.69, 9.17) is 15.0 Å². The van der Waals surface area contributed by atoms with Crippen molar-refractivity contribution < 1.29 is 0 Å². The lowest BCUT2D eigenvalue weighted by atomic mass is 9.81. The van der Waals surface area contributed by atoms with E-state index in [0.29, 0.717) is 17.8 Å². The first kappa shape index (κ1) is 22.8. The Morgan fingerprint density at radius 3 is 2.54 bits per heavy atom. The van der Waals surface area contributed by atoms with E-state index < -0.39 is 0 Å². The van der Waals surface area contributed by atoms with Crippen LogP contribution in [-0.2, 0) is 0 Å². The second-order valence-corrected chi connectivity index (χ2v) is 11.2. The number of fused-ring (bicyclic) bond motifs is 3. The van der Waals surface area contributed by atoms with Crippen LogP contribution >= 0.6 is 11.8 Å². The van der Waals surface area contributed by atoms with Gasteiger partial charge in [0.15, 0.2) is 0 Å². The van der Waals surface area contributed by atoms with Crippen LogP contribution in [0.5, 0.6) is 0 Å². The number of rotatable bonds is 5.